The molecule has 2 heterocycles. The van der Waals surface area contributed by atoms with Crippen LogP contribution in [-0.4, -0.2) is 44.8 Å². The minimum Gasteiger partial charge on any atom is -0.456 e. The fourth-order valence-electron chi connectivity index (χ4n) is 3.51. The van der Waals surface area contributed by atoms with Gasteiger partial charge in [-0.2, -0.15) is 0 Å². The van der Waals surface area contributed by atoms with E-state index in [-0.39, 0.29) is 41.6 Å². The molecule has 33 heavy (non-hydrogen) atoms. The second kappa shape index (κ2) is 9.91. The molecule has 4 rings (SSSR count). The molecule has 0 aromatic heterocycles. The zero-order valence-electron chi connectivity index (χ0n) is 17.1. The number of nitrogens with one attached hydrogen (secondary N) is 1. The Kier molecular flexibility index (Phi) is 6.98. The second-order valence-electron chi connectivity index (χ2n) is 7.37. The summed E-state index contributed by atoms with van der Waals surface area (Å²) in [5.41, 5.74) is 1.56. The number of nitrogens with zero attached hydrogens (tertiary/aromatic N) is 2. The van der Waals surface area contributed by atoms with Gasteiger partial charge in [-0.15, -0.1) is 11.8 Å². The summed E-state index contributed by atoms with van der Waals surface area (Å²) in [5, 5.41) is 13.2. The number of hydrogen-bond donors (Lipinski definition) is 1. The predicted octanol–water partition coefficient (Wildman–Crippen LogP) is 2.93. The van der Waals surface area contributed by atoms with Crippen molar-refractivity contribution in [1.29, 1.82) is 0 Å². The monoisotopic (exact) mass is 579 g/mol. The van der Waals surface area contributed by atoms with Gasteiger partial charge in [-0.05, 0) is 45.9 Å². The predicted molar refractivity (Wildman–Crippen MR) is 129 cm³/mol. The van der Waals surface area contributed by atoms with E-state index in [1.165, 1.54) is 40.9 Å². The molecular weight excluding hydrogens is 561 g/mol. The van der Waals surface area contributed by atoms with Gasteiger partial charge in [0.25, 0.3) is 11.6 Å². The topological polar surface area (TPSA) is 119 Å². The van der Waals surface area contributed by atoms with E-state index >= 15 is 0 Å². The number of fused-ring (bicyclic) bond motifs is 1. The molecule has 1 N–H and O–H groups in total. The van der Waals surface area contributed by atoms with Gasteiger partial charge in [-0.25, -0.2) is 4.79 Å². The summed E-state index contributed by atoms with van der Waals surface area (Å²) in [5.74, 6) is -0.746. The molecule has 170 valence electrons. The summed E-state index contributed by atoms with van der Waals surface area (Å²) in [7, 11) is 0. The lowest BCUT2D eigenvalue weighted by Gasteiger charge is -2.49. The Balaban J connectivity index is 1.37. The Morgan fingerprint density at radius 2 is 1.85 bits per heavy atom. The molecule has 2 atom stereocenters. The summed E-state index contributed by atoms with van der Waals surface area (Å²) in [6.45, 7) is -0.0820. The van der Waals surface area contributed by atoms with Gasteiger partial charge in [-0.3, -0.25) is 24.6 Å². The van der Waals surface area contributed by atoms with Crippen LogP contribution in [0.2, 0.25) is 0 Å². The van der Waals surface area contributed by atoms with Gasteiger partial charge in [0.1, 0.15) is 23.7 Å². The zero-order valence-corrected chi connectivity index (χ0v) is 20.1. The van der Waals surface area contributed by atoms with Crippen molar-refractivity contribution in [3.05, 3.63) is 85.1 Å². The molecule has 2 amide bonds. The minimum absolute atomic E-state index is 0.0546. The Morgan fingerprint density at radius 3 is 2.52 bits per heavy atom. The van der Waals surface area contributed by atoms with Gasteiger partial charge >= 0.3 is 5.97 Å². The Bertz CT molecular complexity index is 1140. The summed E-state index contributed by atoms with van der Waals surface area (Å²) in [6, 6.07) is 14.2. The molecule has 1 fully saturated rings. The van der Waals surface area contributed by atoms with Gasteiger partial charge in [0, 0.05) is 21.5 Å². The number of amides is 2. The third-order valence-corrected chi connectivity index (χ3v) is 7.85. The molecule has 1 saturated heterocycles. The van der Waals surface area contributed by atoms with Gasteiger partial charge in [0.2, 0.25) is 5.91 Å². The number of non-ortho nitro benzene ring substituents is 1. The van der Waals surface area contributed by atoms with E-state index < -0.39 is 16.9 Å². The number of β-lactam (4-membered cyclic amide) rings is 1. The van der Waals surface area contributed by atoms with Crippen LogP contribution in [0.4, 0.5) is 5.69 Å². The molecule has 0 spiro atoms. The third kappa shape index (κ3) is 5.03. The Morgan fingerprint density at radius 1 is 1.15 bits per heavy atom. The lowest BCUT2D eigenvalue weighted by molar-refractivity contribution is -0.384. The molecule has 1 unspecified atom stereocenters. The quantitative estimate of drug-likeness (QED) is 0.176. The number of benzene rings is 2. The van der Waals surface area contributed by atoms with Crippen LogP contribution >= 0.6 is 34.4 Å². The molecule has 9 nitrogen and oxygen atoms in total. The van der Waals surface area contributed by atoms with Crippen molar-refractivity contribution in [2.24, 2.45) is 0 Å². The maximum Gasteiger partial charge on any atom is 0.356 e. The van der Waals surface area contributed by atoms with Crippen LogP contribution < -0.4 is 5.32 Å². The first-order chi connectivity index (χ1) is 15.8. The first kappa shape index (κ1) is 23.2. The van der Waals surface area contributed by atoms with E-state index in [2.05, 4.69) is 5.32 Å². The number of nitro benzene ring substituents is 1. The van der Waals surface area contributed by atoms with Crippen molar-refractivity contribution >= 4 is 57.8 Å². The van der Waals surface area contributed by atoms with Gasteiger partial charge in [-0.1, -0.05) is 30.3 Å². The number of rotatable bonds is 7. The van der Waals surface area contributed by atoms with Crippen LogP contribution in [0.25, 0.3) is 0 Å². The summed E-state index contributed by atoms with van der Waals surface area (Å²) in [6.07, 6.45) is 0.166. The van der Waals surface area contributed by atoms with E-state index in [9.17, 15) is 24.5 Å². The van der Waals surface area contributed by atoms with Crippen LogP contribution in [-0.2, 0) is 32.1 Å². The van der Waals surface area contributed by atoms with Crippen molar-refractivity contribution in [3.63, 3.8) is 0 Å². The standard InChI is InChI=1S/C22H18IN3O6S/c23-16-12-33-21-18(24-17(27)10-13-4-2-1-3-5-13)20(28)25(21)19(16)22(29)32-11-14-6-8-15(9-7-14)26(30)31/h1-9,18,21H,10-12H2,(H,24,27)/t18?,21-/m0/s1. The fourth-order valence-corrected chi connectivity index (χ4v) is 5.72. The van der Waals surface area contributed by atoms with E-state index in [1.807, 2.05) is 52.9 Å². The fraction of sp³-hybridized carbons (Fsp3) is 0.227. The van der Waals surface area contributed by atoms with Crippen LogP contribution in [0.15, 0.2) is 63.9 Å². The van der Waals surface area contributed by atoms with Gasteiger partial charge in [0.15, 0.2) is 0 Å². The van der Waals surface area contributed by atoms with Crippen molar-refractivity contribution in [2.75, 3.05) is 5.75 Å². The maximum absolute atomic E-state index is 12.8. The first-order valence-corrected chi connectivity index (χ1v) is 12.0. The van der Waals surface area contributed by atoms with Gasteiger partial charge < -0.3 is 10.1 Å². The van der Waals surface area contributed by atoms with Crippen molar-refractivity contribution in [2.45, 2.75) is 24.4 Å². The molecule has 0 bridgehead atoms. The zero-order chi connectivity index (χ0) is 23.5. The summed E-state index contributed by atoms with van der Waals surface area (Å²) >= 11 is 3.49. The molecule has 2 aromatic carbocycles. The van der Waals surface area contributed by atoms with E-state index in [0.717, 1.165) is 5.56 Å². The maximum atomic E-state index is 12.8. The number of nitro groups is 1. The van der Waals surface area contributed by atoms with Crippen LogP contribution in [0.5, 0.6) is 0 Å². The van der Waals surface area contributed by atoms with Crippen molar-refractivity contribution in [1.82, 2.24) is 10.2 Å². The Hall–Kier alpha value is -2.93. The number of thioether (sulfide) groups is 1. The lowest BCUT2D eigenvalue weighted by atomic mass is 10.0. The molecule has 0 radical (unpaired) electrons. The highest BCUT2D eigenvalue weighted by Crippen LogP contribution is 2.42. The second-order valence-corrected chi connectivity index (χ2v) is 9.78. The largest absolute Gasteiger partial charge is 0.456 e. The normalized spacial score (nSPS) is 19.4. The van der Waals surface area contributed by atoms with Gasteiger partial charge in [0.05, 0.1) is 11.3 Å². The molecule has 2 aromatic rings. The highest BCUT2D eigenvalue weighted by atomic mass is 127. The summed E-state index contributed by atoms with van der Waals surface area (Å²) in [4.78, 5) is 49.6. The number of ether oxygens (including phenoxy) is 1. The number of esters is 1. The first-order valence-electron chi connectivity index (χ1n) is 9.92. The van der Waals surface area contributed by atoms with E-state index in [0.29, 0.717) is 14.9 Å². The minimum atomic E-state index is -0.701. The molecular formula is C22H18IN3O6S. The summed E-state index contributed by atoms with van der Waals surface area (Å²) < 4.78 is 6.06. The average molecular weight is 579 g/mol. The van der Waals surface area contributed by atoms with Crippen LogP contribution in [0.3, 0.4) is 0 Å². The number of carbonyl (C=O) groups excluding carboxylic acids is 3. The lowest BCUT2D eigenvalue weighted by Crippen LogP contribution is -2.70. The third-order valence-electron chi connectivity index (χ3n) is 5.16. The molecule has 11 heteroatoms. The highest BCUT2D eigenvalue weighted by molar-refractivity contribution is 14.1. The molecule has 2 aliphatic rings. The highest BCUT2D eigenvalue weighted by Gasteiger charge is 2.54. The Labute approximate surface area is 206 Å². The van der Waals surface area contributed by atoms with Crippen LogP contribution in [0.1, 0.15) is 11.1 Å². The van der Waals surface area contributed by atoms with E-state index in [1.54, 1.807) is 0 Å². The molecule has 0 aliphatic carbocycles. The van der Waals surface area contributed by atoms with Crippen molar-refractivity contribution < 1.29 is 24.0 Å². The molecule has 0 saturated carbocycles. The van der Waals surface area contributed by atoms with Crippen LogP contribution in [0, 0.1) is 10.1 Å². The van der Waals surface area contributed by atoms with Crippen molar-refractivity contribution in [3.8, 4) is 0 Å². The SMILES string of the molecule is O=C(Cc1ccccc1)NC1C(=O)N2C(C(=O)OCc3ccc([N+](=O)[O-])cc3)=C(I)CS[C@@H]12. The molecule has 2 aliphatic heterocycles. The number of halogens is 1. The van der Waals surface area contributed by atoms with E-state index in [4.69, 9.17) is 4.74 Å². The average Bonchev–Trinajstić information content (AvgIpc) is 2.81. The number of hydrogen-bond acceptors (Lipinski definition) is 7. The number of carbonyl (C=O) groups is 3. The smallest absolute Gasteiger partial charge is 0.356 e.